The molecule has 0 aliphatic carbocycles. The molecular formula is C23H28ClNO5. The summed E-state index contributed by atoms with van der Waals surface area (Å²) in [6, 6.07) is 16.2. The van der Waals surface area contributed by atoms with E-state index in [0.29, 0.717) is 35.4 Å². The molecule has 0 amide bonds. The zero-order valence-corrected chi connectivity index (χ0v) is 18.0. The van der Waals surface area contributed by atoms with Gasteiger partial charge >= 0.3 is 11.9 Å². The molecule has 0 fully saturated rings. The first-order valence-electron chi connectivity index (χ1n) is 9.50. The summed E-state index contributed by atoms with van der Waals surface area (Å²) in [7, 11) is 0. The minimum Gasteiger partial charge on any atom is -0.484 e. The third-order valence-corrected chi connectivity index (χ3v) is 4.56. The Morgan fingerprint density at radius 3 is 2.00 bits per heavy atom. The Morgan fingerprint density at radius 1 is 1.00 bits per heavy atom. The zero-order valence-electron chi connectivity index (χ0n) is 17.3. The molecule has 0 heterocycles. The molecule has 162 valence electrons. The zero-order chi connectivity index (χ0) is 22.7. The Balaban J connectivity index is 0.000000479. The van der Waals surface area contributed by atoms with Gasteiger partial charge in [0, 0.05) is 18.1 Å². The molecule has 2 unspecified atom stereocenters. The summed E-state index contributed by atoms with van der Waals surface area (Å²) in [5.41, 5.74) is 8.18. The topological polar surface area (TPSA) is 110 Å². The average Bonchev–Trinajstić information content (AvgIpc) is 2.71. The van der Waals surface area contributed by atoms with Crippen LogP contribution < -0.4 is 10.5 Å². The maximum absolute atomic E-state index is 9.55. The second kappa shape index (κ2) is 12.7. The normalized spacial score (nSPS) is 12.7. The molecule has 7 heteroatoms. The van der Waals surface area contributed by atoms with Crippen molar-refractivity contribution < 1.29 is 24.5 Å². The van der Waals surface area contributed by atoms with Crippen LogP contribution in [0.1, 0.15) is 43.9 Å². The second-order valence-electron chi connectivity index (χ2n) is 7.02. The lowest BCUT2D eigenvalue weighted by Crippen LogP contribution is -2.23. The highest BCUT2D eigenvalue weighted by Crippen LogP contribution is 2.34. The van der Waals surface area contributed by atoms with Crippen LogP contribution in [-0.2, 0) is 9.59 Å². The van der Waals surface area contributed by atoms with Crippen LogP contribution in [0.2, 0.25) is 5.02 Å². The van der Waals surface area contributed by atoms with E-state index in [4.69, 9.17) is 32.3 Å². The van der Waals surface area contributed by atoms with Crippen LogP contribution in [-0.4, -0.2) is 28.7 Å². The molecule has 2 aromatic carbocycles. The first-order valence-corrected chi connectivity index (χ1v) is 9.88. The molecule has 0 aliphatic rings. The van der Waals surface area contributed by atoms with Crippen LogP contribution in [0.25, 0.3) is 0 Å². The molecule has 0 saturated carbocycles. The number of hydrogen-bond donors (Lipinski definition) is 3. The Labute approximate surface area is 181 Å². The van der Waals surface area contributed by atoms with Crippen molar-refractivity contribution in [3.05, 3.63) is 76.8 Å². The maximum atomic E-state index is 9.55. The van der Waals surface area contributed by atoms with E-state index >= 15 is 0 Å². The van der Waals surface area contributed by atoms with E-state index in [9.17, 15) is 9.59 Å². The van der Waals surface area contributed by atoms with Gasteiger partial charge in [-0.25, -0.2) is 9.59 Å². The molecule has 2 aromatic rings. The van der Waals surface area contributed by atoms with Crippen molar-refractivity contribution in [2.45, 2.75) is 32.8 Å². The number of halogens is 1. The third-order valence-electron chi connectivity index (χ3n) is 4.26. The summed E-state index contributed by atoms with van der Waals surface area (Å²) in [6.45, 7) is 6.94. The van der Waals surface area contributed by atoms with Crippen molar-refractivity contribution in [2.75, 3.05) is 6.54 Å². The summed E-state index contributed by atoms with van der Waals surface area (Å²) in [5, 5.41) is 16.3. The van der Waals surface area contributed by atoms with Gasteiger partial charge in [0.2, 0.25) is 0 Å². The standard InChI is InChI=1S/C19H24ClNO.C4H4O4/c1-13(2)16-9-10-18(17(20)11-16)22-19(14(3)12-21)15-7-5-4-6-8-15;5-3(6)1-2-4(7)8/h4-11,13-14,19H,12,21H2,1-3H3;1-2H,(H,5,6)(H,7,8)/b;2-1-. The van der Waals surface area contributed by atoms with E-state index in [1.807, 2.05) is 30.3 Å². The van der Waals surface area contributed by atoms with Crippen molar-refractivity contribution in [2.24, 2.45) is 11.7 Å². The van der Waals surface area contributed by atoms with E-state index in [0.717, 1.165) is 5.56 Å². The molecule has 0 saturated heterocycles. The van der Waals surface area contributed by atoms with Crippen molar-refractivity contribution in [1.29, 1.82) is 0 Å². The molecule has 0 bridgehead atoms. The smallest absolute Gasteiger partial charge is 0.328 e. The van der Waals surface area contributed by atoms with E-state index < -0.39 is 11.9 Å². The van der Waals surface area contributed by atoms with Crippen molar-refractivity contribution in [3.8, 4) is 5.75 Å². The number of carboxylic acids is 2. The van der Waals surface area contributed by atoms with E-state index in [2.05, 4.69) is 39.0 Å². The van der Waals surface area contributed by atoms with Crippen molar-refractivity contribution >= 4 is 23.5 Å². The number of ether oxygens (including phenoxy) is 1. The van der Waals surface area contributed by atoms with Gasteiger partial charge in [-0.05, 0) is 35.7 Å². The summed E-state index contributed by atoms with van der Waals surface area (Å²) in [4.78, 5) is 19.1. The predicted octanol–water partition coefficient (Wildman–Crippen LogP) is 4.89. The molecular weight excluding hydrogens is 406 g/mol. The van der Waals surface area contributed by atoms with Gasteiger partial charge < -0.3 is 20.7 Å². The maximum Gasteiger partial charge on any atom is 0.328 e. The molecule has 6 nitrogen and oxygen atoms in total. The number of carboxylic acid groups (broad SMARTS) is 2. The molecule has 0 spiro atoms. The molecule has 0 aromatic heterocycles. The van der Waals surface area contributed by atoms with Gasteiger partial charge in [0.25, 0.3) is 0 Å². The van der Waals surface area contributed by atoms with E-state index in [1.165, 1.54) is 5.56 Å². The summed E-state index contributed by atoms with van der Waals surface area (Å²) < 4.78 is 6.21. The number of rotatable bonds is 8. The largest absolute Gasteiger partial charge is 0.484 e. The van der Waals surface area contributed by atoms with Crippen molar-refractivity contribution in [1.82, 2.24) is 0 Å². The lowest BCUT2D eigenvalue weighted by molar-refractivity contribution is -0.134. The van der Waals surface area contributed by atoms with Crippen LogP contribution in [0.5, 0.6) is 5.75 Å². The number of aliphatic carboxylic acids is 2. The van der Waals surface area contributed by atoms with Gasteiger partial charge in [-0.15, -0.1) is 0 Å². The van der Waals surface area contributed by atoms with Gasteiger partial charge in [-0.2, -0.15) is 0 Å². The highest BCUT2D eigenvalue weighted by Gasteiger charge is 2.21. The summed E-state index contributed by atoms with van der Waals surface area (Å²) >= 11 is 6.40. The number of nitrogens with two attached hydrogens (primary N) is 1. The molecule has 0 radical (unpaired) electrons. The van der Waals surface area contributed by atoms with Gasteiger partial charge in [0.1, 0.15) is 11.9 Å². The van der Waals surface area contributed by atoms with Gasteiger partial charge in [0.05, 0.1) is 5.02 Å². The highest BCUT2D eigenvalue weighted by atomic mass is 35.5. The Morgan fingerprint density at radius 2 is 1.57 bits per heavy atom. The first kappa shape index (κ1) is 25.2. The SMILES string of the molecule is CC(C)c1ccc(OC(c2ccccc2)C(C)CN)c(Cl)c1.O=C(O)/C=C\C(=O)O. The Bertz CT molecular complexity index is 836. The third kappa shape index (κ3) is 8.68. The van der Waals surface area contributed by atoms with E-state index in [-0.39, 0.29) is 12.0 Å². The minimum atomic E-state index is -1.26. The quantitative estimate of drug-likeness (QED) is 0.511. The van der Waals surface area contributed by atoms with Crippen LogP contribution >= 0.6 is 11.6 Å². The Hall–Kier alpha value is -2.83. The van der Waals surface area contributed by atoms with Crippen LogP contribution in [0, 0.1) is 5.92 Å². The lowest BCUT2D eigenvalue weighted by atomic mass is 9.97. The molecule has 0 aliphatic heterocycles. The fraction of sp³-hybridized carbons (Fsp3) is 0.304. The van der Waals surface area contributed by atoms with Crippen LogP contribution in [0.4, 0.5) is 0 Å². The number of carbonyl (C=O) groups is 2. The number of hydrogen-bond acceptors (Lipinski definition) is 4. The van der Waals surface area contributed by atoms with Gasteiger partial charge in [-0.1, -0.05) is 68.8 Å². The predicted molar refractivity (Wildman–Crippen MR) is 118 cm³/mol. The van der Waals surface area contributed by atoms with Crippen LogP contribution in [0.15, 0.2) is 60.7 Å². The monoisotopic (exact) mass is 433 g/mol. The molecule has 2 atom stereocenters. The fourth-order valence-electron chi connectivity index (χ4n) is 2.53. The number of benzene rings is 2. The molecule has 30 heavy (non-hydrogen) atoms. The second-order valence-corrected chi connectivity index (χ2v) is 7.42. The molecule has 4 N–H and O–H groups in total. The summed E-state index contributed by atoms with van der Waals surface area (Å²) in [6.07, 6.45) is 1.01. The highest BCUT2D eigenvalue weighted by molar-refractivity contribution is 6.32. The van der Waals surface area contributed by atoms with Crippen molar-refractivity contribution in [3.63, 3.8) is 0 Å². The summed E-state index contributed by atoms with van der Waals surface area (Å²) in [5.74, 6) is -1.16. The first-order chi connectivity index (χ1) is 14.1. The van der Waals surface area contributed by atoms with Gasteiger partial charge in [-0.3, -0.25) is 0 Å². The Kier molecular flexibility index (Phi) is 10.6. The molecule has 2 rings (SSSR count). The minimum absolute atomic E-state index is 0.103. The fourth-order valence-corrected chi connectivity index (χ4v) is 2.76. The van der Waals surface area contributed by atoms with E-state index in [1.54, 1.807) is 0 Å². The lowest BCUT2D eigenvalue weighted by Gasteiger charge is -2.25. The van der Waals surface area contributed by atoms with Gasteiger partial charge in [0.15, 0.2) is 0 Å². The van der Waals surface area contributed by atoms with Crippen LogP contribution in [0.3, 0.4) is 0 Å². The average molecular weight is 434 g/mol.